The fraction of sp³-hybridized carbons (Fsp3) is 0.188. The number of hydrogen-bond donors (Lipinski definition) is 1. The summed E-state index contributed by atoms with van der Waals surface area (Å²) in [6.45, 7) is -1.48. The number of benzene rings is 2. The fourth-order valence-corrected chi connectivity index (χ4v) is 2.02. The van der Waals surface area contributed by atoms with E-state index in [1.807, 2.05) is 0 Å². The minimum atomic E-state index is -3.00. The first kappa shape index (κ1) is 16.8. The largest absolute Gasteiger partial charge is 0.435 e. The second-order valence-electron chi connectivity index (χ2n) is 4.77. The second-order valence-corrected chi connectivity index (χ2v) is 4.77. The van der Waals surface area contributed by atoms with E-state index < -0.39 is 30.2 Å². The number of alkyl halides is 2. The molecule has 1 N–H and O–H groups in total. The highest BCUT2D eigenvalue weighted by Crippen LogP contribution is 2.20. The molecule has 0 heterocycles. The summed E-state index contributed by atoms with van der Waals surface area (Å²) in [4.78, 5) is 12.1. The van der Waals surface area contributed by atoms with Gasteiger partial charge in [-0.15, -0.1) is 0 Å². The molecule has 0 spiro atoms. The molecule has 0 aromatic heterocycles. The van der Waals surface area contributed by atoms with Gasteiger partial charge in [0.05, 0.1) is 6.04 Å². The summed E-state index contributed by atoms with van der Waals surface area (Å²) >= 11 is 0. The smallest absolute Gasteiger partial charge is 0.387 e. The van der Waals surface area contributed by atoms with E-state index in [1.54, 1.807) is 0 Å². The number of amides is 1. The Morgan fingerprint density at radius 1 is 1.13 bits per heavy atom. The summed E-state index contributed by atoms with van der Waals surface area (Å²) in [5, 5.41) is 2.51. The molecular formula is C16H13F4NO2. The van der Waals surface area contributed by atoms with Crippen LogP contribution in [0.3, 0.4) is 0 Å². The molecule has 0 unspecified atom stereocenters. The third-order valence-electron chi connectivity index (χ3n) is 3.10. The lowest BCUT2D eigenvalue weighted by atomic mass is 10.1. The first-order valence-corrected chi connectivity index (χ1v) is 6.67. The Bertz CT molecular complexity index is 706. The number of carbonyl (C=O) groups is 1. The monoisotopic (exact) mass is 327 g/mol. The van der Waals surface area contributed by atoms with Crippen LogP contribution in [0.15, 0.2) is 42.5 Å². The van der Waals surface area contributed by atoms with E-state index in [2.05, 4.69) is 10.1 Å². The number of carbonyl (C=O) groups excluding carboxylic acids is 1. The normalized spacial score (nSPS) is 12.1. The number of hydrogen-bond acceptors (Lipinski definition) is 2. The van der Waals surface area contributed by atoms with Crippen LogP contribution in [0, 0.1) is 11.6 Å². The van der Waals surface area contributed by atoms with Gasteiger partial charge in [0.25, 0.3) is 5.91 Å². The van der Waals surface area contributed by atoms with Crippen LogP contribution in [0.4, 0.5) is 17.6 Å². The average molecular weight is 327 g/mol. The van der Waals surface area contributed by atoms with Crippen LogP contribution >= 0.6 is 0 Å². The third-order valence-corrected chi connectivity index (χ3v) is 3.10. The Morgan fingerprint density at radius 2 is 1.87 bits per heavy atom. The van der Waals surface area contributed by atoms with E-state index in [1.165, 1.54) is 31.2 Å². The molecular weight excluding hydrogens is 314 g/mol. The molecule has 0 aliphatic carbocycles. The molecule has 1 atom stereocenters. The average Bonchev–Trinajstić information content (AvgIpc) is 2.46. The maximum absolute atomic E-state index is 13.7. The Labute approximate surface area is 129 Å². The van der Waals surface area contributed by atoms with Crippen molar-refractivity contribution in [1.29, 1.82) is 0 Å². The number of ether oxygens (including phenoxy) is 1. The molecule has 7 heteroatoms. The van der Waals surface area contributed by atoms with Crippen LogP contribution in [-0.2, 0) is 0 Å². The summed E-state index contributed by atoms with van der Waals surface area (Å²) in [7, 11) is 0. The molecule has 0 aliphatic heterocycles. The van der Waals surface area contributed by atoms with Gasteiger partial charge in [0.15, 0.2) is 0 Å². The predicted octanol–water partition coefficient (Wildman–Crippen LogP) is 4.06. The summed E-state index contributed by atoms with van der Waals surface area (Å²) in [6.07, 6.45) is 0. The Morgan fingerprint density at radius 3 is 2.52 bits per heavy atom. The van der Waals surface area contributed by atoms with Crippen molar-refractivity contribution in [3.05, 3.63) is 65.2 Å². The molecule has 0 fully saturated rings. The van der Waals surface area contributed by atoms with Crippen molar-refractivity contribution >= 4 is 5.91 Å². The van der Waals surface area contributed by atoms with Crippen LogP contribution in [-0.4, -0.2) is 12.5 Å². The van der Waals surface area contributed by atoms with Crippen molar-refractivity contribution in [3.8, 4) is 5.75 Å². The molecule has 2 aromatic carbocycles. The minimum absolute atomic E-state index is 0.0810. The van der Waals surface area contributed by atoms with E-state index in [0.29, 0.717) is 0 Å². The number of nitrogens with one attached hydrogen (secondary N) is 1. The van der Waals surface area contributed by atoms with Crippen molar-refractivity contribution in [1.82, 2.24) is 5.32 Å². The van der Waals surface area contributed by atoms with E-state index in [9.17, 15) is 22.4 Å². The maximum atomic E-state index is 13.7. The zero-order valence-corrected chi connectivity index (χ0v) is 12.0. The topological polar surface area (TPSA) is 38.3 Å². The highest BCUT2D eigenvalue weighted by atomic mass is 19.3. The molecule has 122 valence electrons. The maximum Gasteiger partial charge on any atom is 0.387 e. The van der Waals surface area contributed by atoms with Gasteiger partial charge >= 0.3 is 6.61 Å². The Kier molecular flexibility index (Phi) is 5.20. The van der Waals surface area contributed by atoms with Gasteiger partial charge in [-0.3, -0.25) is 4.79 Å². The zero-order chi connectivity index (χ0) is 17.0. The molecule has 0 saturated carbocycles. The van der Waals surface area contributed by atoms with Gasteiger partial charge < -0.3 is 10.1 Å². The summed E-state index contributed by atoms with van der Waals surface area (Å²) in [6, 6.07) is 7.51. The molecule has 2 rings (SSSR count). The van der Waals surface area contributed by atoms with Crippen LogP contribution in [0.5, 0.6) is 5.75 Å². The van der Waals surface area contributed by atoms with E-state index >= 15 is 0 Å². The molecule has 3 nitrogen and oxygen atoms in total. The van der Waals surface area contributed by atoms with Crippen LogP contribution < -0.4 is 10.1 Å². The SMILES string of the molecule is C[C@@H](NC(=O)c1cccc(OC(F)F)c1)c1ccc(F)cc1F. The molecule has 1 amide bonds. The lowest BCUT2D eigenvalue weighted by Crippen LogP contribution is -2.27. The van der Waals surface area contributed by atoms with Crippen molar-refractivity contribution in [2.75, 3.05) is 0 Å². The van der Waals surface area contributed by atoms with Crippen LogP contribution in [0.2, 0.25) is 0 Å². The van der Waals surface area contributed by atoms with Gasteiger partial charge in [-0.25, -0.2) is 8.78 Å². The lowest BCUT2D eigenvalue weighted by molar-refractivity contribution is -0.0498. The zero-order valence-electron chi connectivity index (χ0n) is 12.0. The van der Waals surface area contributed by atoms with Gasteiger partial charge in [0.2, 0.25) is 0 Å². The lowest BCUT2D eigenvalue weighted by Gasteiger charge is -2.15. The van der Waals surface area contributed by atoms with Crippen LogP contribution in [0.1, 0.15) is 28.9 Å². The molecule has 0 aliphatic rings. The van der Waals surface area contributed by atoms with Crippen molar-refractivity contribution < 1.29 is 27.1 Å². The molecule has 0 bridgehead atoms. The van der Waals surface area contributed by atoms with Gasteiger partial charge in [0.1, 0.15) is 17.4 Å². The minimum Gasteiger partial charge on any atom is -0.435 e. The highest BCUT2D eigenvalue weighted by Gasteiger charge is 2.16. The summed E-state index contributed by atoms with van der Waals surface area (Å²) in [5.74, 6) is -2.26. The van der Waals surface area contributed by atoms with Crippen LogP contribution in [0.25, 0.3) is 0 Å². The standard InChI is InChI=1S/C16H13F4NO2/c1-9(13-6-5-11(17)8-14(13)18)21-15(22)10-3-2-4-12(7-10)23-16(19)20/h2-9,16H,1H3,(H,21,22)/t9-/m1/s1. The first-order valence-electron chi connectivity index (χ1n) is 6.67. The first-order chi connectivity index (χ1) is 10.9. The van der Waals surface area contributed by atoms with E-state index in [0.717, 1.165) is 18.2 Å². The Hall–Kier alpha value is -2.57. The van der Waals surface area contributed by atoms with Gasteiger partial charge in [-0.2, -0.15) is 8.78 Å². The van der Waals surface area contributed by atoms with Crippen molar-refractivity contribution in [2.45, 2.75) is 19.6 Å². The quantitative estimate of drug-likeness (QED) is 0.841. The van der Waals surface area contributed by atoms with Gasteiger partial charge in [-0.1, -0.05) is 12.1 Å². The number of halogens is 4. The molecule has 0 radical (unpaired) electrons. The van der Waals surface area contributed by atoms with E-state index in [4.69, 9.17) is 0 Å². The molecule has 23 heavy (non-hydrogen) atoms. The summed E-state index contributed by atoms with van der Waals surface area (Å²) < 4.78 is 55.1. The highest BCUT2D eigenvalue weighted by molar-refractivity contribution is 5.94. The Balaban J connectivity index is 2.12. The number of rotatable bonds is 5. The second kappa shape index (κ2) is 7.13. The molecule has 0 saturated heterocycles. The fourth-order valence-electron chi connectivity index (χ4n) is 2.02. The van der Waals surface area contributed by atoms with E-state index in [-0.39, 0.29) is 16.9 Å². The van der Waals surface area contributed by atoms with Crippen molar-refractivity contribution in [2.24, 2.45) is 0 Å². The van der Waals surface area contributed by atoms with Gasteiger partial charge in [0, 0.05) is 17.2 Å². The third kappa shape index (κ3) is 4.45. The summed E-state index contributed by atoms with van der Waals surface area (Å²) in [5.41, 5.74) is 0.192. The van der Waals surface area contributed by atoms with Crippen molar-refractivity contribution in [3.63, 3.8) is 0 Å². The molecule has 2 aromatic rings. The van der Waals surface area contributed by atoms with Gasteiger partial charge in [-0.05, 0) is 31.2 Å². The predicted molar refractivity (Wildman–Crippen MR) is 75.3 cm³/mol.